The zero-order chi connectivity index (χ0) is 14.7. The molecule has 2 atom stereocenters. The van der Waals surface area contributed by atoms with Crippen molar-refractivity contribution in [1.29, 1.82) is 0 Å². The summed E-state index contributed by atoms with van der Waals surface area (Å²) >= 11 is 6.24. The lowest BCUT2D eigenvalue weighted by Gasteiger charge is -2.25. The third-order valence-corrected chi connectivity index (χ3v) is 5.87. The van der Waals surface area contributed by atoms with Crippen molar-refractivity contribution in [2.45, 2.75) is 70.0 Å². The predicted octanol–water partition coefficient (Wildman–Crippen LogP) is 5.27. The maximum atomic E-state index is 6.45. The van der Waals surface area contributed by atoms with Crippen LogP contribution in [0.2, 0.25) is 0 Å². The summed E-state index contributed by atoms with van der Waals surface area (Å²) in [5, 5.41) is 0. The van der Waals surface area contributed by atoms with Crippen LogP contribution in [0.5, 0.6) is 0 Å². The molecule has 0 radical (unpaired) electrons. The SMILES string of the molecule is Cc1ccccc1CC(CCl)CC1CCC2(CCCC2)O1. The van der Waals surface area contributed by atoms with Crippen LogP contribution in [0.4, 0.5) is 0 Å². The Morgan fingerprint density at radius 2 is 2.00 bits per heavy atom. The Bertz CT molecular complexity index is 464. The number of aryl methyl sites for hydroxylation is 1. The summed E-state index contributed by atoms with van der Waals surface area (Å²) < 4.78 is 6.45. The van der Waals surface area contributed by atoms with Crippen LogP contribution in [0.15, 0.2) is 24.3 Å². The van der Waals surface area contributed by atoms with Crippen molar-refractivity contribution < 1.29 is 4.74 Å². The molecule has 0 aromatic heterocycles. The lowest BCUT2D eigenvalue weighted by Crippen LogP contribution is -2.26. The largest absolute Gasteiger partial charge is 0.372 e. The predicted molar refractivity (Wildman–Crippen MR) is 89.0 cm³/mol. The topological polar surface area (TPSA) is 9.23 Å². The lowest BCUT2D eigenvalue weighted by molar-refractivity contribution is -0.0432. The van der Waals surface area contributed by atoms with Crippen LogP contribution in [0.3, 0.4) is 0 Å². The van der Waals surface area contributed by atoms with Crippen LogP contribution in [-0.4, -0.2) is 17.6 Å². The van der Waals surface area contributed by atoms with Crippen LogP contribution in [0, 0.1) is 12.8 Å². The smallest absolute Gasteiger partial charge is 0.0687 e. The fraction of sp³-hybridized carbons (Fsp3) is 0.684. The summed E-state index contributed by atoms with van der Waals surface area (Å²) in [6.07, 6.45) is 10.4. The summed E-state index contributed by atoms with van der Waals surface area (Å²) in [4.78, 5) is 0. The molecule has 0 bridgehead atoms. The fourth-order valence-corrected chi connectivity index (χ4v) is 4.41. The quantitative estimate of drug-likeness (QED) is 0.673. The molecular weight excluding hydrogens is 280 g/mol. The van der Waals surface area contributed by atoms with E-state index in [0.29, 0.717) is 12.0 Å². The molecule has 3 rings (SSSR count). The maximum Gasteiger partial charge on any atom is 0.0687 e. The summed E-state index contributed by atoms with van der Waals surface area (Å²) in [5.41, 5.74) is 3.08. The first-order valence-electron chi connectivity index (χ1n) is 8.49. The van der Waals surface area contributed by atoms with E-state index in [2.05, 4.69) is 31.2 Å². The Labute approximate surface area is 134 Å². The van der Waals surface area contributed by atoms with Gasteiger partial charge in [-0.2, -0.15) is 0 Å². The van der Waals surface area contributed by atoms with Crippen molar-refractivity contribution in [1.82, 2.24) is 0 Å². The molecule has 2 aliphatic rings. The molecule has 1 spiro atoms. The molecule has 1 saturated carbocycles. The summed E-state index contributed by atoms with van der Waals surface area (Å²) in [6, 6.07) is 8.68. The second-order valence-electron chi connectivity index (χ2n) is 7.06. The van der Waals surface area contributed by atoms with E-state index >= 15 is 0 Å². The van der Waals surface area contributed by atoms with Gasteiger partial charge in [-0.15, -0.1) is 11.6 Å². The van der Waals surface area contributed by atoms with Gasteiger partial charge < -0.3 is 4.74 Å². The van der Waals surface area contributed by atoms with Gasteiger partial charge in [-0.1, -0.05) is 37.1 Å². The van der Waals surface area contributed by atoms with Crippen LogP contribution >= 0.6 is 11.6 Å². The van der Waals surface area contributed by atoms with E-state index in [9.17, 15) is 0 Å². The van der Waals surface area contributed by atoms with Crippen LogP contribution in [0.25, 0.3) is 0 Å². The van der Waals surface area contributed by atoms with Crippen molar-refractivity contribution in [2.24, 2.45) is 5.92 Å². The molecule has 21 heavy (non-hydrogen) atoms. The van der Waals surface area contributed by atoms with Crippen molar-refractivity contribution in [3.63, 3.8) is 0 Å². The molecule has 1 nitrogen and oxygen atoms in total. The van der Waals surface area contributed by atoms with E-state index in [1.54, 1.807) is 0 Å². The number of alkyl halides is 1. The minimum Gasteiger partial charge on any atom is -0.372 e. The van der Waals surface area contributed by atoms with E-state index in [4.69, 9.17) is 16.3 Å². The van der Waals surface area contributed by atoms with E-state index in [0.717, 1.165) is 18.7 Å². The molecule has 2 heteroatoms. The number of rotatable bonds is 5. The van der Waals surface area contributed by atoms with Gasteiger partial charge in [0.25, 0.3) is 0 Å². The third kappa shape index (κ3) is 3.63. The fourth-order valence-electron chi connectivity index (χ4n) is 4.17. The molecule has 0 amide bonds. The molecule has 116 valence electrons. The van der Waals surface area contributed by atoms with Gasteiger partial charge in [0, 0.05) is 5.88 Å². The van der Waals surface area contributed by atoms with Gasteiger partial charge in [0.05, 0.1) is 11.7 Å². The number of hydrogen-bond acceptors (Lipinski definition) is 1. The standard InChI is InChI=1S/C19H27ClO/c1-15-6-2-3-7-17(15)12-16(14-20)13-18-8-11-19(21-18)9-4-5-10-19/h2-3,6-7,16,18H,4-5,8-14H2,1H3. The Morgan fingerprint density at radius 1 is 1.24 bits per heavy atom. The number of halogens is 1. The summed E-state index contributed by atoms with van der Waals surface area (Å²) in [7, 11) is 0. The normalized spacial score (nSPS) is 25.5. The Hall–Kier alpha value is -0.530. The zero-order valence-electron chi connectivity index (χ0n) is 13.1. The maximum absolute atomic E-state index is 6.45. The monoisotopic (exact) mass is 306 g/mol. The average molecular weight is 307 g/mol. The van der Waals surface area contributed by atoms with Gasteiger partial charge in [0.2, 0.25) is 0 Å². The van der Waals surface area contributed by atoms with Crippen molar-refractivity contribution in [3.05, 3.63) is 35.4 Å². The average Bonchev–Trinajstić information content (AvgIpc) is 3.11. The van der Waals surface area contributed by atoms with Gasteiger partial charge in [-0.25, -0.2) is 0 Å². The van der Waals surface area contributed by atoms with Gasteiger partial charge in [-0.05, 0) is 62.5 Å². The van der Waals surface area contributed by atoms with E-state index in [1.165, 1.54) is 49.7 Å². The second kappa shape index (κ2) is 6.71. The highest BCUT2D eigenvalue weighted by Gasteiger charge is 2.42. The first kappa shape index (κ1) is 15.4. The molecule has 1 heterocycles. The molecule has 2 fully saturated rings. The lowest BCUT2D eigenvalue weighted by atomic mass is 9.92. The van der Waals surface area contributed by atoms with Crippen molar-refractivity contribution >= 4 is 11.6 Å². The highest BCUT2D eigenvalue weighted by Crippen LogP contribution is 2.44. The van der Waals surface area contributed by atoms with Gasteiger partial charge >= 0.3 is 0 Å². The molecule has 0 N–H and O–H groups in total. The number of benzene rings is 1. The first-order valence-corrected chi connectivity index (χ1v) is 9.02. The van der Waals surface area contributed by atoms with Gasteiger partial charge in [0.1, 0.15) is 0 Å². The Kier molecular flexibility index (Phi) is 4.91. The molecule has 1 saturated heterocycles. The minimum atomic E-state index is 0.254. The van der Waals surface area contributed by atoms with E-state index < -0.39 is 0 Å². The van der Waals surface area contributed by atoms with E-state index in [-0.39, 0.29) is 5.60 Å². The summed E-state index contributed by atoms with van der Waals surface area (Å²) in [6.45, 7) is 2.19. The molecule has 1 aromatic rings. The molecule has 1 aliphatic heterocycles. The number of ether oxygens (including phenoxy) is 1. The molecule has 1 aliphatic carbocycles. The van der Waals surface area contributed by atoms with Gasteiger partial charge in [-0.3, -0.25) is 0 Å². The Morgan fingerprint density at radius 3 is 2.71 bits per heavy atom. The van der Waals surface area contributed by atoms with Crippen molar-refractivity contribution in [3.8, 4) is 0 Å². The third-order valence-electron chi connectivity index (χ3n) is 5.44. The van der Waals surface area contributed by atoms with E-state index in [1.807, 2.05) is 0 Å². The second-order valence-corrected chi connectivity index (χ2v) is 7.36. The van der Waals surface area contributed by atoms with Crippen LogP contribution < -0.4 is 0 Å². The molecular formula is C19H27ClO. The summed E-state index contributed by atoms with van der Waals surface area (Å²) in [5.74, 6) is 1.27. The Balaban J connectivity index is 1.57. The van der Waals surface area contributed by atoms with Crippen LogP contribution in [0.1, 0.15) is 56.1 Å². The zero-order valence-corrected chi connectivity index (χ0v) is 13.9. The van der Waals surface area contributed by atoms with Gasteiger partial charge in [0.15, 0.2) is 0 Å². The van der Waals surface area contributed by atoms with Crippen LogP contribution in [-0.2, 0) is 11.2 Å². The highest BCUT2D eigenvalue weighted by molar-refractivity contribution is 6.18. The number of hydrogen-bond donors (Lipinski definition) is 0. The molecule has 1 aromatic carbocycles. The first-order chi connectivity index (χ1) is 10.2. The minimum absolute atomic E-state index is 0.254. The van der Waals surface area contributed by atoms with Crippen molar-refractivity contribution in [2.75, 3.05) is 5.88 Å². The highest BCUT2D eigenvalue weighted by atomic mass is 35.5. The molecule has 2 unspecified atom stereocenters.